The third-order valence-corrected chi connectivity index (χ3v) is 7.51. The van der Waals surface area contributed by atoms with Crippen molar-refractivity contribution in [2.24, 2.45) is 0 Å². The molecule has 3 amide bonds. The van der Waals surface area contributed by atoms with Crippen LogP contribution in [0.25, 0.3) is 0 Å². The number of unbranched alkanes of at least 4 members (excludes halogenated alkanes) is 1. The number of aryl methyl sites for hydroxylation is 1. The molecule has 186 valence electrons. The van der Waals surface area contributed by atoms with Crippen molar-refractivity contribution in [3.63, 3.8) is 0 Å². The molecule has 0 saturated carbocycles. The van der Waals surface area contributed by atoms with E-state index in [1.54, 1.807) is 12.1 Å². The molecule has 3 aliphatic rings. The number of amides is 3. The highest BCUT2D eigenvalue weighted by Gasteiger charge is 2.73. The van der Waals surface area contributed by atoms with E-state index in [-0.39, 0.29) is 24.7 Å². The number of halogens is 3. The Kier molecular flexibility index (Phi) is 5.73. The fourth-order valence-corrected chi connectivity index (χ4v) is 5.69. The number of piperazine rings is 1. The number of hydrogen-bond donors (Lipinski definition) is 0. The molecule has 3 fully saturated rings. The van der Waals surface area contributed by atoms with E-state index >= 15 is 0 Å². The molecule has 3 unspecified atom stereocenters. The van der Waals surface area contributed by atoms with Crippen LogP contribution in [-0.2, 0) is 17.4 Å². The molecule has 3 saturated heterocycles. The van der Waals surface area contributed by atoms with Crippen molar-refractivity contribution in [3.05, 3.63) is 64.7 Å². The summed E-state index contributed by atoms with van der Waals surface area (Å²) in [6, 6.07) is 9.14. The number of ketones is 1. The highest BCUT2D eigenvalue weighted by atomic mass is 19.4. The van der Waals surface area contributed by atoms with Gasteiger partial charge < -0.3 is 0 Å². The quantitative estimate of drug-likeness (QED) is 0.341. The number of carbonyl (C=O) groups is 3. The minimum absolute atomic E-state index is 0.152. The Hall–Kier alpha value is -3.55. The Labute approximate surface area is 205 Å². The van der Waals surface area contributed by atoms with Gasteiger partial charge in [0.1, 0.15) is 6.67 Å². The Morgan fingerprint density at radius 2 is 1.86 bits per heavy atom. The van der Waals surface area contributed by atoms with E-state index in [9.17, 15) is 27.6 Å². The van der Waals surface area contributed by atoms with Crippen LogP contribution in [0.1, 0.15) is 46.8 Å². The second-order valence-electron chi connectivity index (χ2n) is 9.60. The molecule has 0 aromatic heterocycles. The fourth-order valence-electron chi connectivity index (χ4n) is 5.69. The fraction of sp³-hybridized carbons (Fsp3) is 0.385. The van der Waals surface area contributed by atoms with Gasteiger partial charge in [0.15, 0.2) is 12.1 Å². The normalized spacial score (nSPS) is 26.9. The van der Waals surface area contributed by atoms with Gasteiger partial charge in [-0.15, -0.1) is 0 Å². The van der Waals surface area contributed by atoms with Gasteiger partial charge in [0.05, 0.1) is 36.0 Å². The van der Waals surface area contributed by atoms with Crippen LogP contribution in [0.3, 0.4) is 0 Å². The third-order valence-electron chi connectivity index (χ3n) is 7.51. The lowest BCUT2D eigenvalue weighted by Gasteiger charge is -2.32. The first-order chi connectivity index (χ1) is 17.1. The standard InChI is InChI=1S/C26H24F3N4O3/c1-2-3-4-16-5-7-17(8-6-16)23(34)21-13-31-14-22-24(35)32(25(36)33(21,22)15-31)19-10-9-18(12-30)20(11-19)26(27,28)29/h5-11,21-22H,2-4,13-15H2,1H3/q+1. The summed E-state index contributed by atoms with van der Waals surface area (Å²) in [5.41, 5.74) is -0.510. The van der Waals surface area contributed by atoms with E-state index in [1.165, 1.54) is 12.1 Å². The van der Waals surface area contributed by atoms with Crippen molar-refractivity contribution in [2.75, 3.05) is 24.7 Å². The van der Waals surface area contributed by atoms with Crippen molar-refractivity contribution >= 4 is 23.4 Å². The number of Topliss-reactive ketones (excluding diaryl/α,β-unsaturated/α-hetero) is 1. The van der Waals surface area contributed by atoms with Crippen molar-refractivity contribution in [1.82, 2.24) is 4.90 Å². The Morgan fingerprint density at radius 1 is 1.14 bits per heavy atom. The average molecular weight is 497 g/mol. The van der Waals surface area contributed by atoms with Gasteiger partial charge in [0.2, 0.25) is 5.78 Å². The maximum atomic E-state index is 13.8. The van der Waals surface area contributed by atoms with Crippen LogP contribution in [0.4, 0.5) is 23.7 Å². The number of rotatable bonds is 6. The van der Waals surface area contributed by atoms with E-state index in [0.29, 0.717) is 18.2 Å². The van der Waals surface area contributed by atoms with E-state index in [1.807, 2.05) is 17.0 Å². The van der Waals surface area contributed by atoms with Gasteiger partial charge in [0.25, 0.3) is 5.91 Å². The summed E-state index contributed by atoms with van der Waals surface area (Å²) in [7, 11) is 0. The smallest absolute Gasteiger partial charge is 0.287 e. The molecule has 0 aliphatic carbocycles. The summed E-state index contributed by atoms with van der Waals surface area (Å²) in [4.78, 5) is 43.3. The Balaban J connectivity index is 1.48. The molecule has 10 heteroatoms. The molecule has 2 bridgehead atoms. The molecule has 3 aliphatic heterocycles. The monoisotopic (exact) mass is 497 g/mol. The highest BCUT2D eigenvalue weighted by molar-refractivity contribution is 6.19. The molecule has 7 nitrogen and oxygen atoms in total. The zero-order valence-electron chi connectivity index (χ0n) is 19.6. The minimum atomic E-state index is -4.83. The summed E-state index contributed by atoms with van der Waals surface area (Å²) in [5, 5.41) is 9.08. The molecule has 3 heterocycles. The number of nitriles is 1. The number of benzene rings is 2. The van der Waals surface area contributed by atoms with Crippen LogP contribution < -0.4 is 4.90 Å². The predicted molar refractivity (Wildman–Crippen MR) is 123 cm³/mol. The van der Waals surface area contributed by atoms with E-state index in [0.717, 1.165) is 35.8 Å². The molecular formula is C26H24F3N4O3+. The number of urea groups is 1. The molecular weight excluding hydrogens is 473 g/mol. The largest absolute Gasteiger partial charge is 0.433 e. The van der Waals surface area contributed by atoms with Gasteiger partial charge in [-0.25, -0.2) is 14.2 Å². The van der Waals surface area contributed by atoms with Gasteiger partial charge in [-0.2, -0.15) is 23.3 Å². The van der Waals surface area contributed by atoms with Crippen LogP contribution in [0.5, 0.6) is 0 Å². The summed E-state index contributed by atoms with van der Waals surface area (Å²) >= 11 is 0. The number of hydrogen-bond acceptors (Lipinski definition) is 5. The maximum absolute atomic E-state index is 13.8. The highest BCUT2D eigenvalue weighted by Crippen LogP contribution is 2.45. The van der Waals surface area contributed by atoms with Gasteiger partial charge in [-0.1, -0.05) is 37.6 Å². The number of imide groups is 1. The average Bonchev–Trinajstić information content (AvgIpc) is 3.50. The molecule has 2 aromatic rings. The molecule has 1 spiro atoms. The van der Waals surface area contributed by atoms with Crippen LogP contribution in [0.2, 0.25) is 0 Å². The van der Waals surface area contributed by atoms with E-state index in [2.05, 4.69) is 6.92 Å². The van der Waals surface area contributed by atoms with Gasteiger partial charge in [-0.05, 0) is 36.6 Å². The lowest BCUT2D eigenvalue weighted by atomic mass is 9.97. The van der Waals surface area contributed by atoms with E-state index in [4.69, 9.17) is 5.26 Å². The predicted octanol–water partition coefficient (Wildman–Crippen LogP) is 4.11. The lowest BCUT2D eigenvalue weighted by Crippen LogP contribution is -2.62. The topological polar surface area (TPSA) is 81.5 Å². The first-order valence-corrected chi connectivity index (χ1v) is 11.8. The van der Waals surface area contributed by atoms with Gasteiger partial charge in [-0.3, -0.25) is 9.59 Å². The zero-order chi connectivity index (χ0) is 25.8. The lowest BCUT2D eigenvalue weighted by molar-refractivity contribution is -0.852. The Bertz CT molecular complexity index is 1300. The molecule has 0 radical (unpaired) electrons. The third kappa shape index (κ3) is 3.53. The van der Waals surface area contributed by atoms with E-state index < -0.39 is 45.8 Å². The van der Waals surface area contributed by atoms with Crippen LogP contribution in [0.15, 0.2) is 42.5 Å². The van der Waals surface area contributed by atoms with Crippen molar-refractivity contribution in [3.8, 4) is 6.07 Å². The van der Waals surface area contributed by atoms with Gasteiger partial charge >= 0.3 is 12.2 Å². The number of nitrogens with zero attached hydrogens (tertiary/aromatic N) is 4. The van der Waals surface area contributed by atoms with Crippen LogP contribution in [-0.4, -0.2) is 58.9 Å². The number of carbonyl (C=O) groups excluding carboxylic acids is 3. The van der Waals surface area contributed by atoms with Crippen LogP contribution >= 0.6 is 0 Å². The maximum Gasteiger partial charge on any atom is 0.433 e. The second kappa shape index (κ2) is 8.54. The van der Waals surface area contributed by atoms with Crippen molar-refractivity contribution < 1.29 is 32.0 Å². The molecule has 36 heavy (non-hydrogen) atoms. The zero-order valence-corrected chi connectivity index (χ0v) is 19.6. The molecule has 4 atom stereocenters. The molecule has 2 aromatic carbocycles. The summed E-state index contributed by atoms with van der Waals surface area (Å²) in [5.74, 6) is -0.893. The summed E-state index contributed by atoms with van der Waals surface area (Å²) in [6.07, 6.45) is -1.85. The van der Waals surface area contributed by atoms with Crippen molar-refractivity contribution in [2.45, 2.75) is 44.4 Å². The Morgan fingerprint density at radius 3 is 2.50 bits per heavy atom. The van der Waals surface area contributed by atoms with Gasteiger partial charge in [0, 0.05) is 5.56 Å². The first-order valence-electron chi connectivity index (χ1n) is 11.8. The van der Waals surface area contributed by atoms with Crippen molar-refractivity contribution in [1.29, 1.82) is 5.26 Å². The SMILES string of the molecule is CCCCc1ccc(C(=O)C2C[N@@]3CC4C(=O)N(c5ccc(C#N)c(C(F)(F)F)c5)C(=O)[N+]24C3)cc1. The molecule has 0 N–H and O–H groups in total. The first kappa shape index (κ1) is 24.2. The summed E-state index contributed by atoms with van der Waals surface area (Å²) < 4.78 is 40.2. The number of quaternary nitrogens is 1. The minimum Gasteiger partial charge on any atom is -0.287 e. The number of alkyl halides is 3. The molecule has 5 rings (SSSR count). The number of fused-ring (bicyclic) bond motifs is 1. The van der Waals surface area contributed by atoms with Crippen LogP contribution in [0, 0.1) is 11.3 Å². The number of anilines is 1. The second-order valence-corrected chi connectivity index (χ2v) is 9.60. The summed E-state index contributed by atoms with van der Waals surface area (Å²) in [6.45, 7) is 2.80.